The molecule has 0 saturated carbocycles. The highest BCUT2D eigenvalue weighted by Crippen LogP contribution is 2.32. The number of nitrogens with two attached hydrogens (primary N) is 1. The number of ether oxygens (including phenoxy) is 1. The van der Waals surface area contributed by atoms with Gasteiger partial charge in [-0.25, -0.2) is 13.6 Å². The summed E-state index contributed by atoms with van der Waals surface area (Å²) in [6.45, 7) is 5.68. The minimum atomic E-state index is -1.02. The number of amides is 1. The number of halogens is 2. The molecule has 1 amide bonds. The topological polar surface area (TPSA) is 65.2 Å². The largest absolute Gasteiger partial charge is 0.440 e. The molecule has 6 heteroatoms. The van der Waals surface area contributed by atoms with Crippen LogP contribution in [0.3, 0.4) is 0 Å². The van der Waals surface area contributed by atoms with Crippen LogP contribution in [-0.4, -0.2) is 11.1 Å². The molecule has 0 aliphatic carbocycles. The van der Waals surface area contributed by atoms with Gasteiger partial charge in [-0.1, -0.05) is 20.8 Å². The van der Waals surface area contributed by atoms with E-state index in [9.17, 15) is 13.6 Å². The fourth-order valence-corrected chi connectivity index (χ4v) is 1.55. The lowest BCUT2D eigenvalue weighted by Gasteiger charge is -2.25. The van der Waals surface area contributed by atoms with Gasteiger partial charge in [-0.2, -0.15) is 0 Å². The second-order valence-corrected chi connectivity index (χ2v) is 5.21. The molecule has 0 saturated heterocycles. The van der Waals surface area contributed by atoms with Gasteiger partial charge in [-0.15, -0.1) is 0 Å². The van der Waals surface area contributed by atoms with Gasteiger partial charge in [0.2, 0.25) is 0 Å². The SMILES string of the molecule is CC(C)(C)C[C@H](OC(N)=O)c1ncc(F)cc1F. The van der Waals surface area contributed by atoms with Gasteiger partial charge in [0.1, 0.15) is 17.6 Å². The zero-order valence-corrected chi connectivity index (χ0v) is 10.5. The van der Waals surface area contributed by atoms with Crippen molar-refractivity contribution in [3.8, 4) is 0 Å². The van der Waals surface area contributed by atoms with Crippen LogP contribution in [0.1, 0.15) is 39.0 Å². The second kappa shape index (κ2) is 5.29. The first-order chi connectivity index (χ1) is 8.19. The van der Waals surface area contributed by atoms with E-state index in [1.165, 1.54) is 0 Å². The van der Waals surface area contributed by atoms with Gasteiger partial charge >= 0.3 is 6.09 Å². The molecule has 1 aromatic rings. The Bertz CT molecular complexity index is 444. The van der Waals surface area contributed by atoms with E-state index < -0.39 is 23.8 Å². The fraction of sp³-hybridized carbons (Fsp3) is 0.500. The first kappa shape index (κ1) is 14.3. The third kappa shape index (κ3) is 4.27. The Hall–Kier alpha value is -1.72. The van der Waals surface area contributed by atoms with E-state index in [1.54, 1.807) is 0 Å². The number of hydrogen-bond acceptors (Lipinski definition) is 3. The third-order valence-electron chi connectivity index (χ3n) is 2.20. The Kier molecular flexibility index (Phi) is 4.21. The Labute approximate surface area is 104 Å². The van der Waals surface area contributed by atoms with Gasteiger partial charge in [-0.05, 0) is 11.8 Å². The predicted octanol–water partition coefficient (Wildman–Crippen LogP) is 2.93. The summed E-state index contributed by atoms with van der Waals surface area (Å²) in [7, 11) is 0. The monoisotopic (exact) mass is 258 g/mol. The molecule has 2 N–H and O–H groups in total. The molecule has 0 radical (unpaired) electrons. The number of nitrogens with zero attached hydrogens (tertiary/aromatic N) is 1. The average molecular weight is 258 g/mol. The smallest absolute Gasteiger partial charge is 0.405 e. The van der Waals surface area contributed by atoms with Crippen molar-refractivity contribution in [2.45, 2.75) is 33.3 Å². The maximum atomic E-state index is 13.6. The fourth-order valence-electron chi connectivity index (χ4n) is 1.55. The summed E-state index contributed by atoms with van der Waals surface area (Å²) in [5, 5.41) is 0. The first-order valence-corrected chi connectivity index (χ1v) is 5.46. The highest BCUT2D eigenvalue weighted by Gasteiger charge is 2.26. The summed E-state index contributed by atoms with van der Waals surface area (Å²) < 4.78 is 31.2. The number of rotatable bonds is 3. The van der Waals surface area contributed by atoms with Crippen LogP contribution in [0.4, 0.5) is 13.6 Å². The normalized spacial score (nSPS) is 13.2. The molecule has 1 heterocycles. The van der Waals surface area contributed by atoms with Gasteiger partial charge in [0.25, 0.3) is 0 Å². The van der Waals surface area contributed by atoms with E-state index in [1.807, 2.05) is 20.8 Å². The van der Waals surface area contributed by atoms with Gasteiger partial charge in [-0.3, -0.25) is 4.98 Å². The Balaban J connectivity index is 3.05. The lowest BCUT2D eigenvalue weighted by molar-refractivity contribution is 0.0739. The van der Waals surface area contributed by atoms with Crippen LogP contribution in [0.2, 0.25) is 0 Å². The second-order valence-electron chi connectivity index (χ2n) is 5.21. The van der Waals surface area contributed by atoms with Crippen molar-refractivity contribution >= 4 is 6.09 Å². The van der Waals surface area contributed by atoms with E-state index in [2.05, 4.69) is 4.98 Å². The number of carbonyl (C=O) groups is 1. The van der Waals surface area contributed by atoms with Crippen molar-refractivity contribution in [1.29, 1.82) is 0 Å². The van der Waals surface area contributed by atoms with Crippen molar-refractivity contribution in [3.63, 3.8) is 0 Å². The van der Waals surface area contributed by atoms with Crippen LogP contribution < -0.4 is 5.73 Å². The Morgan fingerprint density at radius 3 is 2.56 bits per heavy atom. The average Bonchev–Trinajstić information content (AvgIpc) is 2.12. The van der Waals surface area contributed by atoms with Crippen molar-refractivity contribution < 1.29 is 18.3 Å². The number of primary amides is 1. The van der Waals surface area contributed by atoms with Gasteiger partial charge in [0.05, 0.1) is 6.20 Å². The summed E-state index contributed by atoms with van der Waals surface area (Å²) >= 11 is 0. The van der Waals surface area contributed by atoms with Gasteiger partial charge < -0.3 is 10.5 Å². The van der Waals surface area contributed by atoms with E-state index in [0.29, 0.717) is 12.5 Å². The number of carbonyl (C=O) groups excluding carboxylic acids is 1. The van der Waals surface area contributed by atoms with E-state index >= 15 is 0 Å². The molecular weight excluding hydrogens is 242 g/mol. The lowest BCUT2D eigenvalue weighted by Crippen LogP contribution is -2.23. The molecule has 0 unspecified atom stereocenters. The summed E-state index contributed by atoms with van der Waals surface area (Å²) in [4.78, 5) is 14.5. The third-order valence-corrected chi connectivity index (χ3v) is 2.20. The van der Waals surface area contributed by atoms with Crippen LogP contribution >= 0.6 is 0 Å². The highest BCUT2D eigenvalue weighted by molar-refractivity contribution is 5.65. The molecule has 0 bridgehead atoms. The summed E-state index contributed by atoms with van der Waals surface area (Å²) in [6.07, 6.45) is -0.748. The van der Waals surface area contributed by atoms with Crippen LogP contribution in [0.5, 0.6) is 0 Å². The minimum Gasteiger partial charge on any atom is -0.440 e. The molecule has 100 valence electrons. The Morgan fingerprint density at radius 1 is 1.50 bits per heavy atom. The van der Waals surface area contributed by atoms with Crippen LogP contribution in [0.15, 0.2) is 12.3 Å². The standard InChI is InChI=1S/C12H16F2N2O2/c1-12(2,3)5-9(18-11(15)17)10-8(14)4-7(13)6-16-10/h4,6,9H,5H2,1-3H3,(H2,15,17)/t9-/m0/s1. The maximum Gasteiger partial charge on any atom is 0.405 e. The van der Waals surface area contributed by atoms with Crippen molar-refractivity contribution in [2.24, 2.45) is 11.1 Å². The first-order valence-electron chi connectivity index (χ1n) is 5.46. The predicted molar refractivity (Wildman–Crippen MR) is 61.6 cm³/mol. The molecule has 18 heavy (non-hydrogen) atoms. The van der Waals surface area contributed by atoms with E-state index in [4.69, 9.17) is 10.5 Å². The van der Waals surface area contributed by atoms with Crippen LogP contribution in [-0.2, 0) is 4.74 Å². The summed E-state index contributed by atoms with van der Waals surface area (Å²) in [5.41, 5.74) is 4.59. The Morgan fingerprint density at radius 2 is 2.11 bits per heavy atom. The highest BCUT2D eigenvalue weighted by atomic mass is 19.1. The van der Waals surface area contributed by atoms with Crippen LogP contribution in [0, 0.1) is 17.0 Å². The van der Waals surface area contributed by atoms with E-state index in [0.717, 1.165) is 6.20 Å². The number of pyridine rings is 1. The zero-order chi connectivity index (χ0) is 13.9. The van der Waals surface area contributed by atoms with Gasteiger partial charge in [0, 0.05) is 6.07 Å². The van der Waals surface area contributed by atoms with Crippen molar-refractivity contribution in [2.75, 3.05) is 0 Å². The molecule has 0 aliphatic rings. The molecule has 0 aromatic carbocycles. The molecule has 0 spiro atoms. The summed E-state index contributed by atoms with van der Waals surface area (Å²) in [6, 6.07) is 0.697. The summed E-state index contributed by atoms with van der Waals surface area (Å²) in [5.74, 6) is -1.64. The van der Waals surface area contributed by atoms with Gasteiger partial charge in [0.15, 0.2) is 5.82 Å². The molecule has 1 aromatic heterocycles. The molecule has 4 nitrogen and oxygen atoms in total. The zero-order valence-electron chi connectivity index (χ0n) is 10.5. The van der Waals surface area contributed by atoms with Crippen LogP contribution in [0.25, 0.3) is 0 Å². The molecule has 0 fully saturated rings. The molecule has 1 atom stereocenters. The quantitative estimate of drug-likeness (QED) is 0.906. The lowest BCUT2D eigenvalue weighted by atomic mass is 9.88. The van der Waals surface area contributed by atoms with Crippen molar-refractivity contribution in [3.05, 3.63) is 29.6 Å². The molecule has 1 rings (SSSR count). The molecule has 0 aliphatic heterocycles. The van der Waals surface area contributed by atoms with Crippen molar-refractivity contribution in [1.82, 2.24) is 4.98 Å². The minimum absolute atomic E-state index is 0.120. The maximum absolute atomic E-state index is 13.6. The number of hydrogen-bond donors (Lipinski definition) is 1. The molecular formula is C12H16F2N2O2. The number of aromatic nitrogens is 1. The van der Waals surface area contributed by atoms with E-state index in [-0.39, 0.29) is 11.1 Å².